The van der Waals surface area contributed by atoms with Gasteiger partial charge in [-0.25, -0.2) is 5.48 Å². The van der Waals surface area contributed by atoms with Crippen molar-refractivity contribution >= 4 is 11.6 Å². The summed E-state index contributed by atoms with van der Waals surface area (Å²) in [5, 5.41) is 11.3. The normalized spacial score (nSPS) is 16.1. The fourth-order valence-electron chi connectivity index (χ4n) is 1.77. The van der Waals surface area contributed by atoms with Crippen LogP contribution in [-0.4, -0.2) is 30.7 Å². The number of hydrogen-bond acceptors (Lipinski definition) is 4. The van der Waals surface area contributed by atoms with Crippen LogP contribution in [0.15, 0.2) is 24.3 Å². The summed E-state index contributed by atoms with van der Waals surface area (Å²) in [5.41, 5.74) is 4.16. The van der Waals surface area contributed by atoms with Gasteiger partial charge in [-0.2, -0.15) is 0 Å². The number of hydroxylamine groups is 1. The zero-order valence-electron chi connectivity index (χ0n) is 8.94. The topological polar surface area (TPSA) is 64.6 Å². The largest absolute Gasteiger partial charge is 0.360 e. The van der Waals surface area contributed by atoms with Gasteiger partial charge in [-0.1, -0.05) is 12.1 Å². The average Bonchev–Trinajstić information content (AvgIpc) is 2.30. The van der Waals surface area contributed by atoms with E-state index < -0.39 is 0 Å². The molecule has 5 nitrogen and oxygen atoms in total. The highest BCUT2D eigenvalue weighted by molar-refractivity contribution is 5.82. The monoisotopic (exact) mass is 221 g/mol. The van der Waals surface area contributed by atoms with Crippen molar-refractivity contribution in [1.29, 1.82) is 0 Å². The number of anilines is 1. The fourth-order valence-corrected chi connectivity index (χ4v) is 1.77. The quantitative estimate of drug-likeness (QED) is 0.633. The van der Waals surface area contributed by atoms with Crippen molar-refractivity contribution in [3.63, 3.8) is 0 Å². The van der Waals surface area contributed by atoms with Gasteiger partial charge in [0, 0.05) is 25.3 Å². The minimum atomic E-state index is 0.0624. The summed E-state index contributed by atoms with van der Waals surface area (Å²) in [6.07, 6.45) is 0. The Morgan fingerprint density at radius 1 is 1.38 bits per heavy atom. The summed E-state index contributed by atoms with van der Waals surface area (Å²) in [5.74, 6) is 0.0624. The van der Waals surface area contributed by atoms with Crippen LogP contribution < -0.4 is 15.7 Å². The molecule has 0 radical (unpaired) electrons. The van der Waals surface area contributed by atoms with Crippen LogP contribution in [0.2, 0.25) is 0 Å². The highest BCUT2D eigenvalue weighted by Gasteiger charge is 2.15. The van der Waals surface area contributed by atoms with Crippen LogP contribution in [0.4, 0.5) is 5.69 Å². The number of carbonyl (C=O) groups excluding carboxylic acids is 1. The predicted octanol–water partition coefficient (Wildman–Crippen LogP) is 0.102. The van der Waals surface area contributed by atoms with Crippen LogP contribution >= 0.6 is 0 Å². The van der Waals surface area contributed by atoms with Crippen molar-refractivity contribution in [2.75, 3.05) is 24.5 Å². The van der Waals surface area contributed by atoms with E-state index in [1.54, 1.807) is 0 Å². The molecule has 0 aliphatic carbocycles. The summed E-state index contributed by atoms with van der Waals surface area (Å²) in [6.45, 7) is 2.38. The van der Waals surface area contributed by atoms with E-state index in [9.17, 15) is 4.79 Å². The molecule has 1 aliphatic rings. The number of nitrogens with one attached hydrogen (secondary N) is 2. The maximum absolute atomic E-state index is 11.2. The predicted molar refractivity (Wildman–Crippen MR) is 60.3 cm³/mol. The summed E-state index contributed by atoms with van der Waals surface area (Å²) in [4.78, 5) is 13.3. The minimum Gasteiger partial charge on any atom is -0.360 e. The molecule has 86 valence electrons. The number of piperazine rings is 1. The van der Waals surface area contributed by atoms with Gasteiger partial charge < -0.3 is 15.4 Å². The third kappa shape index (κ3) is 2.50. The second-order valence-corrected chi connectivity index (χ2v) is 3.77. The third-order valence-electron chi connectivity index (χ3n) is 2.62. The number of carbonyl (C=O) groups is 1. The molecule has 0 spiro atoms. The van der Waals surface area contributed by atoms with Gasteiger partial charge in [-0.15, -0.1) is 0 Å². The van der Waals surface area contributed by atoms with E-state index in [0.29, 0.717) is 19.6 Å². The first-order valence-corrected chi connectivity index (χ1v) is 5.27. The van der Waals surface area contributed by atoms with Crippen LogP contribution in [0.5, 0.6) is 0 Å². The fraction of sp³-hybridized carbons (Fsp3) is 0.364. The molecular formula is C11H15N3O2. The summed E-state index contributed by atoms with van der Waals surface area (Å²) >= 11 is 0. The lowest BCUT2D eigenvalue weighted by atomic mass is 10.2. The SMILES string of the molecule is O=C1CN(c2ccc(CNO)cc2)CCN1. The van der Waals surface area contributed by atoms with Gasteiger partial charge in [0.2, 0.25) is 5.91 Å². The molecule has 3 N–H and O–H groups in total. The van der Waals surface area contributed by atoms with E-state index in [-0.39, 0.29) is 5.91 Å². The first-order chi connectivity index (χ1) is 7.79. The maximum atomic E-state index is 11.2. The van der Waals surface area contributed by atoms with Gasteiger partial charge in [0.05, 0.1) is 6.54 Å². The van der Waals surface area contributed by atoms with Gasteiger partial charge in [-0.05, 0) is 17.7 Å². The van der Waals surface area contributed by atoms with Crippen LogP contribution in [0.1, 0.15) is 5.56 Å². The Morgan fingerprint density at radius 3 is 2.75 bits per heavy atom. The van der Waals surface area contributed by atoms with Gasteiger partial charge in [-0.3, -0.25) is 4.79 Å². The molecule has 0 aromatic heterocycles. The molecule has 0 unspecified atom stereocenters. The van der Waals surface area contributed by atoms with Crippen molar-refractivity contribution in [2.45, 2.75) is 6.54 Å². The molecule has 1 heterocycles. The Bertz CT molecular complexity index is 364. The zero-order chi connectivity index (χ0) is 11.4. The number of nitrogens with zero attached hydrogens (tertiary/aromatic N) is 1. The molecular weight excluding hydrogens is 206 g/mol. The van der Waals surface area contributed by atoms with Crippen LogP contribution in [0.3, 0.4) is 0 Å². The van der Waals surface area contributed by atoms with E-state index in [0.717, 1.165) is 17.8 Å². The number of amides is 1. The van der Waals surface area contributed by atoms with Crippen molar-refractivity contribution in [3.05, 3.63) is 29.8 Å². The standard InChI is InChI=1S/C11H15N3O2/c15-11-8-14(6-5-12-11)10-3-1-9(2-4-10)7-13-16/h1-4,13,16H,5-8H2,(H,12,15). The molecule has 1 amide bonds. The Morgan fingerprint density at radius 2 is 2.12 bits per heavy atom. The van der Waals surface area contributed by atoms with Crippen LogP contribution in [0, 0.1) is 0 Å². The molecule has 2 rings (SSSR count). The van der Waals surface area contributed by atoms with Crippen molar-refractivity contribution in [3.8, 4) is 0 Å². The molecule has 1 saturated heterocycles. The van der Waals surface area contributed by atoms with E-state index >= 15 is 0 Å². The first-order valence-electron chi connectivity index (χ1n) is 5.27. The highest BCUT2D eigenvalue weighted by Crippen LogP contribution is 2.15. The van der Waals surface area contributed by atoms with Gasteiger partial charge in [0.1, 0.15) is 0 Å². The lowest BCUT2D eigenvalue weighted by Gasteiger charge is -2.28. The Kier molecular flexibility index (Phi) is 3.38. The maximum Gasteiger partial charge on any atom is 0.239 e. The van der Waals surface area contributed by atoms with Gasteiger partial charge in [0.15, 0.2) is 0 Å². The van der Waals surface area contributed by atoms with E-state index in [4.69, 9.17) is 5.21 Å². The average molecular weight is 221 g/mol. The molecule has 16 heavy (non-hydrogen) atoms. The molecule has 1 aromatic carbocycles. The number of benzene rings is 1. The molecule has 5 heteroatoms. The second kappa shape index (κ2) is 4.96. The lowest BCUT2D eigenvalue weighted by molar-refractivity contribution is -0.120. The first kappa shape index (κ1) is 10.9. The Balaban J connectivity index is 2.05. The van der Waals surface area contributed by atoms with Crippen LogP contribution in [0.25, 0.3) is 0 Å². The molecule has 0 saturated carbocycles. The second-order valence-electron chi connectivity index (χ2n) is 3.77. The van der Waals surface area contributed by atoms with Crippen molar-refractivity contribution in [2.24, 2.45) is 0 Å². The van der Waals surface area contributed by atoms with Crippen molar-refractivity contribution < 1.29 is 10.0 Å². The molecule has 1 aromatic rings. The highest BCUT2D eigenvalue weighted by atomic mass is 16.5. The smallest absolute Gasteiger partial charge is 0.239 e. The molecule has 0 atom stereocenters. The lowest BCUT2D eigenvalue weighted by Crippen LogP contribution is -2.47. The Hall–Kier alpha value is -1.59. The number of hydrogen-bond donors (Lipinski definition) is 3. The van der Waals surface area contributed by atoms with E-state index in [2.05, 4.69) is 10.8 Å². The molecule has 1 aliphatic heterocycles. The van der Waals surface area contributed by atoms with Gasteiger partial charge >= 0.3 is 0 Å². The van der Waals surface area contributed by atoms with Gasteiger partial charge in [0.25, 0.3) is 0 Å². The third-order valence-corrected chi connectivity index (χ3v) is 2.62. The van der Waals surface area contributed by atoms with E-state index in [1.165, 1.54) is 0 Å². The minimum absolute atomic E-state index is 0.0624. The van der Waals surface area contributed by atoms with E-state index in [1.807, 2.05) is 29.2 Å². The summed E-state index contributed by atoms with van der Waals surface area (Å²) in [6, 6.07) is 7.80. The zero-order valence-corrected chi connectivity index (χ0v) is 8.94. The molecule has 1 fully saturated rings. The Labute approximate surface area is 94.0 Å². The number of rotatable bonds is 3. The van der Waals surface area contributed by atoms with Crippen molar-refractivity contribution in [1.82, 2.24) is 10.8 Å². The van der Waals surface area contributed by atoms with Crippen LogP contribution in [-0.2, 0) is 11.3 Å². The molecule has 0 bridgehead atoms. The summed E-state index contributed by atoms with van der Waals surface area (Å²) < 4.78 is 0. The summed E-state index contributed by atoms with van der Waals surface area (Å²) in [7, 11) is 0.